The second-order valence-corrected chi connectivity index (χ2v) is 11.0. The number of hydrogen-bond donors (Lipinski definition) is 1. The molecule has 0 atom stereocenters. The van der Waals surface area contributed by atoms with E-state index in [0.29, 0.717) is 16.4 Å². The topological polar surface area (TPSA) is 76.9 Å². The lowest BCUT2D eigenvalue weighted by molar-refractivity contribution is -0.736. The number of amides is 1. The number of nitrogens with one attached hydrogen (secondary N) is 1. The Balaban J connectivity index is 2.57. The SMILES string of the molecule is CO[N+](=O)c1ccc(OC(=O)NO[Si](C)(C)C(C)(C)C)cc1. The van der Waals surface area contributed by atoms with Gasteiger partial charge in [0.15, 0.2) is 7.11 Å². The largest absolute Gasteiger partial charge is 0.435 e. The second-order valence-electron chi connectivity index (χ2n) is 6.29. The van der Waals surface area contributed by atoms with Gasteiger partial charge >= 0.3 is 11.8 Å². The molecule has 0 bridgehead atoms. The number of nitrogens with zero attached hydrogens (tertiary/aromatic N) is 1. The van der Waals surface area contributed by atoms with E-state index in [2.05, 4.69) is 31.1 Å². The van der Waals surface area contributed by atoms with Gasteiger partial charge in [-0.1, -0.05) is 20.8 Å². The number of rotatable bonds is 5. The molecule has 1 aromatic rings. The van der Waals surface area contributed by atoms with Crippen LogP contribution in [0.4, 0.5) is 10.5 Å². The van der Waals surface area contributed by atoms with Gasteiger partial charge in [0.2, 0.25) is 8.32 Å². The van der Waals surface area contributed by atoms with Gasteiger partial charge in [0, 0.05) is 12.1 Å². The van der Waals surface area contributed by atoms with Crippen LogP contribution in [-0.2, 0) is 9.36 Å². The van der Waals surface area contributed by atoms with Gasteiger partial charge in [0.1, 0.15) is 5.75 Å². The minimum Gasteiger partial charge on any atom is -0.409 e. The van der Waals surface area contributed by atoms with E-state index in [1.807, 2.05) is 13.1 Å². The minimum atomic E-state index is -2.09. The van der Waals surface area contributed by atoms with Crippen molar-refractivity contribution in [3.05, 3.63) is 29.2 Å². The lowest BCUT2D eigenvalue weighted by Gasteiger charge is -2.34. The fourth-order valence-electron chi connectivity index (χ4n) is 1.19. The van der Waals surface area contributed by atoms with Gasteiger partial charge in [-0.2, -0.15) is 0 Å². The molecule has 8 heteroatoms. The van der Waals surface area contributed by atoms with E-state index in [1.54, 1.807) is 0 Å². The lowest BCUT2D eigenvalue weighted by atomic mass is 10.2. The van der Waals surface area contributed by atoms with Gasteiger partial charge in [0.25, 0.3) is 4.92 Å². The zero-order chi connectivity index (χ0) is 17.0. The van der Waals surface area contributed by atoms with Crippen molar-refractivity contribution in [1.29, 1.82) is 0 Å². The molecular formula is C14H23N2O5Si+. The average molecular weight is 327 g/mol. The smallest absolute Gasteiger partial charge is 0.409 e. The van der Waals surface area contributed by atoms with Crippen LogP contribution in [0, 0.1) is 4.91 Å². The molecule has 0 aromatic heterocycles. The van der Waals surface area contributed by atoms with Crippen molar-refractivity contribution in [3.63, 3.8) is 0 Å². The highest BCUT2D eigenvalue weighted by Crippen LogP contribution is 2.35. The molecule has 22 heavy (non-hydrogen) atoms. The first-order valence-corrected chi connectivity index (χ1v) is 9.75. The summed E-state index contributed by atoms with van der Waals surface area (Å²) in [5.41, 5.74) is 2.63. The van der Waals surface area contributed by atoms with E-state index >= 15 is 0 Å². The molecule has 0 spiro atoms. The molecule has 1 N–H and O–H groups in total. The normalized spacial score (nSPS) is 11.7. The van der Waals surface area contributed by atoms with Crippen molar-refractivity contribution >= 4 is 20.1 Å². The highest BCUT2D eigenvalue weighted by Gasteiger charge is 2.38. The van der Waals surface area contributed by atoms with Crippen molar-refractivity contribution in [3.8, 4) is 5.75 Å². The van der Waals surface area contributed by atoms with Gasteiger partial charge < -0.3 is 9.26 Å². The zero-order valence-corrected chi connectivity index (χ0v) is 14.8. The monoisotopic (exact) mass is 327 g/mol. The molecular weight excluding hydrogens is 304 g/mol. The third-order valence-electron chi connectivity index (χ3n) is 3.62. The van der Waals surface area contributed by atoms with E-state index in [0.717, 1.165) is 0 Å². The number of carbonyl (C=O) groups is 1. The average Bonchev–Trinajstić information content (AvgIpc) is 2.44. The summed E-state index contributed by atoms with van der Waals surface area (Å²) in [4.78, 5) is 27.8. The summed E-state index contributed by atoms with van der Waals surface area (Å²) in [6.07, 6.45) is -0.705. The Morgan fingerprint density at radius 3 is 2.18 bits per heavy atom. The third kappa shape index (κ3) is 4.81. The van der Waals surface area contributed by atoms with Gasteiger partial charge in [0.05, 0.1) is 4.91 Å². The number of benzene rings is 1. The Bertz CT molecular complexity index is 537. The van der Waals surface area contributed by atoms with Crippen LogP contribution in [-0.4, -0.2) is 26.4 Å². The highest BCUT2D eigenvalue weighted by atomic mass is 28.4. The Morgan fingerprint density at radius 1 is 1.18 bits per heavy atom. The number of ether oxygens (including phenoxy) is 1. The molecule has 0 unspecified atom stereocenters. The van der Waals surface area contributed by atoms with Crippen LogP contribution in [0.5, 0.6) is 5.75 Å². The molecule has 0 aliphatic carbocycles. The lowest BCUT2D eigenvalue weighted by Crippen LogP contribution is -2.47. The molecule has 1 amide bonds. The molecule has 0 aliphatic heterocycles. The maximum atomic E-state index is 11.7. The molecule has 122 valence electrons. The van der Waals surface area contributed by atoms with Crippen molar-refractivity contribution in [2.24, 2.45) is 0 Å². The summed E-state index contributed by atoms with van der Waals surface area (Å²) in [5.74, 6) is 0.296. The second kappa shape index (κ2) is 6.88. The standard InChI is InChI=1S/C14H22N2O5Si/c1-14(2,3)22(5,6)21-15-13(17)20-12-9-7-11(8-10-12)16(18)19-4/h7-10H,1-6H3/p+1. The van der Waals surface area contributed by atoms with E-state index in [4.69, 9.17) is 9.26 Å². The summed E-state index contributed by atoms with van der Waals surface area (Å²) >= 11 is 0. The predicted molar refractivity (Wildman–Crippen MR) is 84.2 cm³/mol. The van der Waals surface area contributed by atoms with Crippen LogP contribution in [0.2, 0.25) is 18.1 Å². The van der Waals surface area contributed by atoms with Crippen molar-refractivity contribution < 1.29 is 23.8 Å². The van der Waals surface area contributed by atoms with Crippen LogP contribution >= 0.6 is 0 Å². The van der Waals surface area contributed by atoms with E-state index in [-0.39, 0.29) is 5.04 Å². The molecule has 0 heterocycles. The van der Waals surface area contributed by atoms with Crippen molar-refractivity contribution in [2.45, 2.75) is 38.9 Å². The van der Waals surface area contributed by atoms with Gasteiger partial charge in [-0.15, -0.1) is 0 Å². The number of carbonyl (C=O) groups excluding carboxylic acids is 1. The quantitative estimate of drug-likeness (QED) is 0.659. The van der Waals surface area contributed by atoms with Crippen LogP contribution in [0.25, 0.3) is 0 Å². The molecule has 0 saturated heterocycles. The third-order valence-corrected chi connectivity index (χ3v) is 7.84. The molecule has 0 aliphatic rings. The molecule has 0 fully saturated rings. The molecule has 1 aromatic carbocycles. The van der Waals surface area contributed by atoms with Crippen LogP contribution in [0.3, 0.4) is 0 Å². The van der Waals surface area contributed by atoms with E-state index < -0.39 is 14.4 Å². The van der Waals surface area contributed by atoms with Crippen LogP contribution < -0.4 is 10.2 Å². The number of hydrogen-bond acceptors (Lipinski definition) is 5. The maximum Gasteiger partial charge on any atom is 0.435 e. The molecule has 7 nitrogen and oxygen atoms in total. The molecule has 0 saturated carbocycles. The number of hydroxylamine groups is 1. The predicted octanol–water partition coefficient (Wildman–Crippen LogP) is 3.68. The Kier molecular flexibility index (Phi) is 5.67. The highest BCUT2D eigenvalue weighted by molar-refractivity contribution is 6.74. The van der Waals surface area contributed by atoms with Crippen LogP contribution in [0.1, 0.15) is 20.8 Å². The summed E-state index contributed by atoms with van der Waals surface area (Å²) in [6.45, 7) is 10.2. The van der Waals surface area contributed by atoms with Crippen LogP contribution in [0.15, 0.2) is 24.3 Å². The maximum absolute atomic E-state index is 11.7. The van der Waals surface area contributed by atoms with Gasteiger partial charge in [-0.25, -0.2) is 15.1 Å². The first kappa shape index (κ1) is 18.1. The molecule has 0 radical (unpaired) electrons. The van der Waals surface area contributed by atoms with Gasteiger partial charge in [-0.05, 0) is 30.3 Å². The molecule has 1 rings (SSSR count). The van der Waals surface area contributed by atoms with Crippen molar-refractivity contribution in [1.82, 2.24) is 5.48 Å². The fraction of sp³-hybridized carbons (Fsp3) is 0.500. The summed E-state index contributed by atoms with van der Waals surface area (Å²) in [5, 5.41) is -0.0281. The van der Waals surface area contributed by atoms with E-state index in [9.17, 15) is 9.70 Å². The summed E-state index contributed by atoms with van der Waals surface area (Å²) in [7, 11) is -0.823. The summed E-state index contributed by atoms with van der Waals surface area (Å²) < 4.78 is 10.6. The Labute approximate surface area is 131 Å². The summed E-state index contributed by atoms with van der Waals surface area (Å²) in [6, 6.07) is 5.94. The van der Waals surface area contributed by atoms with Gasteiger partial charge in [-0.3, -0.25) is 0 Å². The van der Waals surface area contributed by atoms with Crippen molar-refractivity contribution in [2.75, 3.05) is 7.11 Å². The van der Waals surface area contributed by atoms with E-state index in [1.165, 1.54) is 31.4 Å². The Morgan fingerprint density at radius 2 is 1.73 bits per heavy atom. The first-order chi connectivity index (χ1) is 10.1. The Hall–Kier alpha value is -1.93. The fourth-order valence-corrected chi connectivity index (χ4v) is 1.84. The minimum absolute atomic E-state index is 0.0281. The first-order valence-electron chi connectivity index (χ1n) is 6.84. The zero-order valence-electron chi connectivity index (χ0n) is 13.8.